The van der Waals surface area contributed by atoms with Crippen LogP contribution < -0.4 is 10.9 Å². The molecule has 0 bridgehead atoms. The first-order valence-corrected chi connectivity index (χ1v) is 8.56. The Morgan fingerprint density at radius 1 is 1.11 bits per heavy atom. The molecule has 0 aliphatic carbocycles. The van der Waals surface area contributed by atoms with Crippen molar-refractivity contribution in [3.63, 3.8) is 0 Å². The number of carbonyl (C=O) groups excluding carboxylic acids is 1. The van der Waals surface area contributed by atoms with Gasteiger partial charge in [-0.3, -0.25) is 9.59 Å². The Balaban J connectivity index is 1.44. The number of rotatable bonds is 5. The summed E-state index contributed by atoms with van der Waals surface area (Å²) in [6, 6.07) is 14.8. The van der Waals surface area contributed by atoms with Crippen molar-refractivity contribution in [1.82, 2.24) is 19.9 Å². The summed E-state index contributed by atoms with van der Waals surface area (Å²) in [4.78, 5) is 38.6. The third-order valence-electron chi connectivity index (χ3n) is 4.21. The molecule has 27 heavy (non-hydrogen) atoms. The van der Waals surface area contributed by atoms with Gasteiger partial charge in [0, 0.05) is 24.1 Å². The number of aryl methyl sites for hydroxylation is 1. The quantitative estimate of drug-likeness (QED) is 0.510. The lowest BCUT2D eigenvalue weighted by molar-refractivity contribution is -0.116. The average Bonchev–Trinajstić information content (AvgIpc) is 3.21. The predicted molar refractivity (Wildman–Crippen MR) is 103 cm³/mol. The molecule has 0 aliphatic rings. The Labute approximate surface area is 154 Å². The SMILES string of the molecule is O=C(CCc1nc2ccccc2[nH]c1=O)Nc1cccc(-c2cnc[nH]2)c1. The number of nitrogens with zero attached hydrogens (tertiary/aromatic N) is 2. The van der Waals surface area contributed by atoms with Crippen LogP contribution in [-0.2, 0) is 11.2 Å². The van der Waals surface area contributed by atoms with Crippen LogP contribution in [0, 0.1) is 0 Å². The van der Waals surface area contributed by atoms with E-state index in [1.165, 1.54) is 0 Å². The van der Waals surface area contributed by atoms with E-state index in [9.17, 15) is 9.59 Å². The van der Waals surface area contributed by atoms with Crippen LogP contribution in [-0.4, -0.2) is 25.8 Å². The molecule has 0 unspecified atom stereocenters. The van der Waals surface area contributed by atoms with Gasteiger partial charge in [-0.05, 0) is 24.3 Å². The molecule has 7 nitrogen and oxygen atoms in total. The fourth-order valence-corrected chi connectivity index (χ4v) is 2.87. The van der Waals surface area contributed by atoms with E-state index in [0.717, 1.165) is 11.3 Å². The van der Waals surface area contributed by atoms with Crippen LogP contribution in [0.3, 0.4) is 0 Å². The van der Waals surface area contributed by atoms with Crippen LogP contribution in [0.2, 0.25) is 0 Å². The zero-order chi connectivity index (χ0) is 18.6. The number of aromatic nitrogens is 4. The monoisotopic (exact) mass is 359 g/mol. The predicted octanol–water partition coefficient (Wildman–Crippen LogP) is 2.88. The average molecular weight is 359 g/mol. The van der Waals surface area contributed by atoms with Crippen molar-refractivity contribution in [3.8, 4) is 11.3 Å². The number of anilines is 1. The van der Waals surface area contributed by atoms with Crippen LogP contribution >= 0.6 is 0 Å². The lowest BCUT2D eigenvalue weighted by Gasteiger charge is -2.07. The molecule has 0 atom stereocenters. The minimum Gasteiger partial charge on any atom is -0.345 e. The molecule has 2 aromatic carbocycles. The first kappa shape index (κ1) is 16.7. The topological polar surface area (TPSA) is 104 Å². The highest BCUT2D eigenvalue weighted by molar-refractivity contribution is 5.91. The summed E-state index contributed by atoms with van der Waals surface area (Å²) in [5.74, 6) is -0.175. The summed E-state index contributed by atoms with van der Waals surface area (Å²) in [5, 5.41) is 2.86. The number of aromatic amines is 2. The summed E-state index contributed by atoms with van der Waals surface area (Å²) in [6.07, 6.45) is 3.77. The van der Waals surface area contributed by atoms with Gasteiger partial charge in [0.05, 0.1) is 29.3 Å². The number of benzene rings is 2. The van der Waals surface area contributed by atoms with Gasteiger partial charge in [-0.15, -0.1) is 0 Å². The molecule has 0 aliphatic heterocycles. The highest BCUT2D eigenvalue weighted by Crippen LogP contribution is 2.20. The second-order valence-electron chi connectivity index (χ2n) is 6.12. The van der Waals surface area contributed by atoms with Gasteiger partial charge in [-0.1, -0.05) is 24.3 Å². The number of nitrogens with one attached hydrogen (secondary N) is 3. The minimum atomic E-state index is -0.261. The molecule has 0 spiro atoms. The molecule has 134 valence electrons. The number of fused-ring (bicyclic) bond motifs is 1. The largest absolute Gasteiger partial charge is 0.345 e. The number of hydrogen-bond acceptors (Lipinski definition) is 4. The third-order valence-corrected chi connectivity index (χ3v) is 4.21. The van der Waals surface area contributed by atoms with E-state index >= 15 is 0 Å². The summed E-state index contributed by atoms with van der Waals surface area (Å²) >= 11 is 0. The molecule has 0 saturated heterocycles. The number of para-hydroxylation sites is 2. The van der Waals surface area contributed by atoms with Crippen LogP contribution in [0.4, 0.5) is 5.69 Å². The maximum absolute atomic E-state index is 12.3. The first-order chi connectivity index (χ1) is 13.2. The molecular weight excluding hydrogens is 342 g/mol. The summed E-state index contributed by atoms with van der Waals surface area (Å²) in [7, 11) is 0. The van der Waals surface area contributed by atoms with Crippen molar-refractivity contribution in [2.75, 3.05) is 5.32 Å². The smallest absolute Gasteiger partial charge is 0.270 e. The van der Waals surface area contributed by atoms with E-state index in [0.29, 0.717) is 22.4 Å². The zero-order valence-electron chi connectivity index (χ0n) is 14.4. The fourth-order valence-electron chi connectivity index (χ4n) is 2.87. The van der Waals surface area contributed by atoms with Crippen molar-refractivity contribution < 1.29 is 4.79 Å². The number of carbonyl (C=O) groups is 1. The molecule has 2 heterocycles. The maximum Gasteiger partial charge on any atom is 0.270 e. The van der Waals surface area contributed by atoms with E-state index in [1.807, 2.05) is 42.5 Å². The van der Waals surface area contributed by atoms with Crippen molar-refractivity contribution in [3.05, 3.63) is 77.1 Å². The molecule has 4 aromatic rings. The van der Waals surface area contributed by atoms with Crippen LogP contribution in [0.25, 0.3) is 22.3 Å². The van der Waals surface area contributed by atoms with Gasteiger partial charge in [0.25, 0.3) is 5.56 Å². The summed E-state index contributed by atoms with van der Waals surface area (Å²) in [5.41, 5.74) is 3.98. The normalized spacial score (nSPS) is 10.8. The Morgan fingerprint density at radius 3 is 2.85 bits per heavy atom. The van der Waals surface area contributed by atoms with Gasteiger partial charge in [0.1, 0.15) is 5.69 Å². The molecule has 7 heteroatoms. The lowest BCUT2D eigenvalue weighted by atomic mass is 10.1. The van der Waals surface area contributed by atoms with E-state index in [2.05, 4.69) is 25.3 Å². The zero-order valence-corrected chi connectivity index (χ0v) is 14.4. The van der Waals surface area contributed by atoms with Crippen LogP contribution in [0.5, 0.6) is 0 Å². The molecule has 2 aromatic heterocycles. The van der Waals surface area contributed by atoms with Gasteiger partial charge >= 0.3 is 0 Å². The Kier molecular flexibility index (Phi) is 4.49. The third kappa shape index (κ3) is 3.77. The standard InChI is InChI=1S/C20H17N5O2/c26-19(23-14-5-3-4-13(10-14)18-11-21-12-22-18)9-8-17-20(27)25-16-7-2-1-6-15(16)24-17/h1-7,10-12H,8-9H2,(H,21,22)(H,23,26)(H,25,27). The lowest BCUT2D eigenvalue weighted by Crippen LogP contribution is -2.19. The highest BCUT2D eigenvalue weighted by atomic mass is 16.1. The second kappa shape index (κ2) is 7.25. The minimum absolute atomic E-state index is 0.169. The molecule has 1 amide bonds. The highest BCUT2D eigenvalue weighted by Gasteiger charge is 2.09. The van der Waals surface area contributed by atoms with Gasteiger partial charge in [-0.2, -0.15) is 0 Å². The summed E-state index contributed by atoms with van der Waals surface area (Å²) in [6.45, 7) is 0. The number of imidazole rings is 1. The van der Waals surface area contributed by atoms with E-state index < -0.39 is 0 Å². The molecule has 3 N–H and O–H groups in total. The van der Waals surface area contributed by atoms with Crippen molar-refractivity contribution in [1.29, 1.82) is 0 Å². The number of amides is 1. The van der Waals surface area contributed by atoms with Gasteiger partial charge < -0.3 is 15.3 Å². The number of hydrogen-bond donors (Lipinski definition) is 3. The Hall–Kier alpha value is -3.74. The molecule has 0 radical (unpaired) electrons. The summed E-state index contributed by atoms with van der Waals surface area (Å²) < 4.78 is 0. The first-order valence-electron chi connectivity index (χ1n) is 8.56. The van der Waals surface area contributed by atoms with Crippen LogP contribution in [0.15, 0.2) is 65.8 Å². The second-order valence-corrected chi connectivity index (χ2v) is 6.12. The number of H-pyrrole nitrogens is 2. The molecule has 0 fully saturated rings. The van der Waals surface area contributed by atoms with E-state index in [4.69, 9.17) is 0 Å². The maximum atomic E-state index is 12.3. The van der Waals surface area contributed by atoms with Crippen molar-refractivity contribution >= 4 is 22.6 Å². The van der Waals surface area contributed by atoms with Crippen molar-refractivity contribution in [2.45, 2.75) is 12.8 Å². The Morgan fingerprint density at radius 2 is 2.00 bits per heavy atom. The molecular formula is C20H17N5O2. The molecule has 0 saturated carbocycles. The molecule has 4 rings (SSSR count). The van der Waals surface area contributed by atoms with E-state index in [1.54, 1.807) is 18.6 Å². The van der Waals surface area contributed by atoms with Gasteiger partial charge in [0.2, 0.25) is 5.91 Å². The van der Waals surface area contributed by atoms with Crippen molar-refractivity contribution in [2.24, 2.45) is 0 Å². The fraction of sp³-hybridized carbons (Fsp3) is 0.100. The van der Waals surface area contributed by atoms with Gasteiger partial charge in [0.15, 0.2) is 0 Å². The van der Waals surface area contributed by atoms with Crippen LogP contribution in [0.1, 0.15) is 12.1 Å². The van der Waals surface area contributed by atoms with Gasteiger partial charge in [-0.25, -0.2) is 9.97 Å². The van der Waals surface area contributed by atoms with E-state index in [-0.39, 0.29) is 24.3 Å². The Bertz CT molecular complexity index is 1150.